The number of para-hydroxylation sites is 1. The van der Waals surface area contributed by atoms with Crippen LogP contribution in [0.2, 0.25) is 0 Å². The van der Waals surface area contributed by atoms with Crippen molar-refractivity contribution in [2.75, 3.05) is 18.0 Å². The van der Waals surface area contributed by atoms with E-state index in [-0.39, 0.29) is 0 Å². The van der Waals surface area contributed by atoms with Crippen LogP contribution in [0.3, 0.4) is 0 Å². The quantitative estimate of drug-likeness (QED) is 0.646. The Hall–Kier alpha value is -1.51. The van der Waals surface area contributed by atoms with Gasteiger partial charge in [-0.3, -0.25) is 0 Å². The van der Waals surface area contributed by atoms with E-state index in [2.05, 4.69) is 49.0 Å². The van der Waals surface area contributed by atoms with Gasteiger partial charge >= 0.3 is 0 Å². The van der Waals surface area contributed by atoms with E-state index in [1.165, 1.54) is 5.69 Å². The molecule has 1 N–H and O–H groups in total. The van der Waals surface area contributed by atoms with Crippen molar-refractivity contribution in [1.29, 1.82) is 0 Å². The molecule has 1 aromatic carbocycles. The molecule has 3 heteroatoms. The average Bonchev–Trinajstić information content (AvgIpc) is 2.54. The molecule has 0 bridgehead atoms. The lowest BCUT2D eigenvalue weighted by molar-refractivity contribution is 0.318. The van der Waals surface area contributed by atoms with Gasteiger partial charge in [-0.15, -0.1) is 0 Å². The smallest absolute Gasteiger partial charge is 0.0889 e. The van der Waals surface area contributed by atoms with Gasteiger partial charge in [-0.25, -0.2) is 0 Å². The number of hydrogen-bond acceptors (Lipinski definition) is 3. The van der Waals surface area contributed by atoms with Crippen LogP contribution in [0.5, 0.6) is 0 Å². The van der Waals surface area contributed by atoms with E-state index >= 15 is 0 Å². The lowest BCUT2D eigenvalue weighted by Crippen LogP contribution is -2.28. The predicted octanol–water partition coefficient (Wildman–Crippen LogP) is 3.90. The second-order valence-corrected chi connectivity index (χ2v) is 6.47. The van der Waals surface area contributed by atoms with Gasteiger partial charge in [0, 0.05) is 24.3 Å². The molecule has 0 fully saturated rings. The Morgan fingerprint density at radius 2 is 2.00 bits per heavy atom. The molecule has 0 unspecified atom stereocenters. The van der Waals surface area contributed by atoms with Crippen molar-refractivity contribution in [3.05, 3.63) is 29.8 Å². The van der Waals surface area contributed by atoms with Crippen LogP contribution in [0.15, 0.2) is 29.4 Å². The summed E-state index contributed by atoms with van der Waals surface area (Å²) in [6.45, 7) is 8.91. The van der Waals surface area contributed by atoms with E-state index < -0.39 is 0 Å². The highest BCUT2D eigenvalue weighted by Crippen LogP contribution is 2.28. The van der Waals surface area contributed by atoms with Crippen LogP contribution < -0.4 is 4.90 Å². The summed E-state index contributed by atoms with van der Waals surface area (Å²) in [6, 6.07) is 8.26. The Balaban J connectivity index is 2.26. The van der Waals surface area contributed by atoms with Gasteiger partial charge in [0.1, 0.15) is 0 Å². The molecule has 0 aromatic heterocycles. The Labute approximate surface area is 115 Å². The summed E-state index contributed by atoms with van der Waals surface area (Å²) in [4.78, 5) is 2.43. The summed E-state index contributed by atoms with van der Waals surface area (Å²) < 4.78 is 0. The predicted molar refractivity (Wildman–Crippen MR) is 80.3 cm³/mol. The second kappa shape index (κ2) is 5.64. The molecule has 1 aliphatic heterocycles. The molecule has 1 heterocycles. The lowest BCUT2D eigenvalue weighted by atomic mass is 9.92. The van der Waals surface area contributed by atoms with Crippen LogP contribution in [-0.4, -0.2) is 24.0 Å². The summed E-state index contributed by atoms with van der Waals surface area (Å²) >= 11 is 0. The number of nitrogens with zero attached hydrogens (tertiary/aromatic N) is 2. The van der Waals surface area contributed by atoms with Crippen molar-refractivity contribution in [3.63, 3.8) is 0 Å². The average molecular weight is 260 g/mol. The summed E-state index contributed by atoms with van der Waals surface area (Å²) in [5.74, 6) is 0. The standard InChI is InChI=1S/C16H24N2O/c1-16(2,3)10-12-18-11-6-8-14(17-19)13-7-4-5-9-15(13)18/h4-5,7,9,19H,6,8,10-12H2,1-3H3/b17-14-. The molecule has 0 saturated heterocycles. The summed E-state index contributed by atoms with van der Waals surface area (Å²) in [5.41, 5.74) is 3.44. The summed E-state index contributed by atoms with van der Waals surface area (Å²) in [6.07, 6.45) is 3.05. The van der Waals surface area contributed by atoms with Crippen molar-refractivity contribution in [3.8, 4) is 0 Å². The fraction of sp³-hybridized carbons (Fsp3) is 0.562. The van der Waals surface area contributed by atoms with Crippen molar-refractivity contribution in [2.24, 2.45) is 10.6 Å². The van der Waals surface area contributed by atoms with Gasteiger partial charge in [0.05, 0.1) is 5.71 Å². The normalized spacial score (nSPS) is 18.3. The Morgan fingerprint density at radius 3 is 2.68 bits per heavy atom. The van der Waals surface area contributed by atoms with Crippen LogP contribution in [0.1, 0.15) is 45.6 Å². The Kier molecular flexibility index (Phi) is 4.13. The maximum Gasteiger partial charge on any atom is 0.0889 e. The first-order valence-electron chi connectivity index (χ1n) is 7.06. The first-order chi connectivity index (χ1) is 9.01. The van der Waals surface area contributed by atoms with Crippen LogP contribution in [0, 0.1) is 5.41 Å². The third kappa shape index (κ3) is 3.49. The third-order valence-electron chi connectivity index (χ3n) is 3.65. The number of rotatable bonds is 2. The van der Waals surface area contributed by atoms with E-state index in [0.717, 1.165) is 43.6 Å². The number of anilines is 1. The molecule has 19 heavy (non-hydrogen) atoms. The van der Waals surface area contributed by atoms with E-state index in [4.69, 9.17) is 0 Å². The van der Waals surface area contributed by atoms with Crippen LogP contribution in [0.4, 0.5) is 5.69 Å². The van der Waals surface area contributed by atoms with Gasteiger partial charge in [-0.05, 0) is 30.7 Å². The lowest BCUT2D eigenvalue weighted by Gasteiger charge is -2.28. The summed E-state index contributed by atoms with van der Waals surface area (Å²) in [5, 5.41) is 12.7. The van der Waals surface area contributed by atoms with Crippen molar-refractivity contribution in [2.45, 2.75) is 40.0 Å². The number of fused-ring (bicyclic) bond motifs is 1. The Morgan fingerprint density at radius 1 is 1.26 bits per heavy atom. The minimum absolute atomic E-state index is 0.342. The number of hydrogen-bond donors (Lipinski definition) is 1. The van der Waals surface area contributed by atoms with E-state index in [1.54, 1.807) is 0 Å². The molecule has 0 atom stereocenters. The second-order valence-electron chi connectivity index (χ2n) is 6.47. The highest BCUT2D eigenvalue weighted by Gasteiger charge is 2.21. The van der Waals surface area contributed by atoms with E-state index in [0.29, 0.717) is 5.41 Å². The molecule has 0 saturated carbocycles. The largest absolute Gasteiger partial charge is 0.411 e. The van der Waals surface area contributed by atoms with Crippen molar-refractivity contribution < 1.29 is 5.21 Å². The maximum absolute atomic E-state index is 9.18. The van der Waals surface area contributed by atoms with Gasteiger partial charge in [-0.1, -0.05) is 44.1 Å². The third-order valence-corrected chi connectivity index (χ3v) is 3.65. The molecule has 0 aliphatic carbocycles. The topological polar surface area (TPSA) is 35.8 Å². The van der Waals surface area contributed by atoms with Gasteiger partial charge in [-0.2, -0.15) is 0 Å². The van der Waals surface area contributed by atoms with Crippen molar-refractivity contribution in [1.82, 2.24) is 0 Å². The molecule has 0 amide bonds. The van der Waals surface area contributed by atoms with Crippen LogP contribution in [-0.2, 0) is 0 Å². The fourth-order valence-corrected chi connectivity index (χ4v) is 2.49. The molecule has 2 rings (SSSR count). The zero-order chi connectivity index (χ0) is 13.9. The first-order valence-corrected chi connectivity index (χ1v) is 7.06. The minimum Gasteiger partial charge on any atom is -0.411 e. The highest BCUT2D eigenvalue weighted by molar-refractivity contribution is 6.05. The molecule has 104 valence electrons. The molecule has 1 aliphatic rings. The SMILES string of the molecule is CC(C)(C)CCN1CCC/C(=N/O)c2ccccc21. The van der Waals surface area contributed by atoms with Crippen molar-refractivity contribution >= 4 is 11.4 Å². The summed E-state index contributed by atoms with van der Waals surface area (Å²) in [7, 11) is 0. The molecule has 1 aromatic rings. The minimum atomic E-state index is 0.342. The number of benzene rings is 1. The van der Waals surface area contributed by atoms with E-state index in [9.17, 15) is 5.21 Å². The zero-order valence-electron chi connectivity index (χ0n) is 12.2. The first kappa shape index (κ1) is 13.9. The van der Waals surface area contributed by atoms with Gasteiger partial charge in [0.15, 0.2) is 0 Å². The molecule has 0 radical (unpaired) electrons. The van der Waals surface area contributed by atoms with Gasteiger partial charge in [0.25, 0.3) is 0 Å². The maximum atomic E-state index is 9.18. The van der Waals surface area contributed by atoms with Gasteiger partial charge < -0.3 is 10.1 Å². The van der Waals surface area contributed by atoms with E-state index in [1.807, 2.05) is 6.07 Å². The van der Waals surface area contributed by atoms with Gasteiger partial charge in [0.2, 0.25) is 0 Å². The van der Waals surface area contributed by atoms with Crippen LogP contribution in [0.25, 0.3) is 0 Å². The highest BCUT2D eigenvalue weighted by atomic mass is 16.4. The Bertz CT molecular complexity index is 460. The van der Waals surface area contributed by atoms with Crippen LogP contribution >= 0.6 is 0 Å². The molecule has 3 nitrogen and oxygen atoms in total. The molecule has 0 spiro atoms. The zero-order valence-corrected chi connectivity index (χ0v) is 12.2. The monoisotopic (exact) mass is 260 g/mol. The fourth-order valence-electron chi connectivity index (χ4n) is 2.49. The molecular formula is C16H24N2O. The molecular weight excluding hydrogens is 236 g/mol. The number of oxime groups is 1.